The van der Waals surface area contributed by atoms with Gasteiger partial charge in [-0.05, 0) is 37.5 Å². The minimum atomic E-state index is -0.854. The minimum absolute atomic E-state index is 0.147. The quantitative estimate of drug-likeness (QED) is 0.825. The molecule has 1 amide bonds. The van der Waals surface area contributed by atoms with Crippen molar-refractivity contribution < 1.29 is 13.6 Å². The van der Waals surface area contributed by atoms with E-state index >= 15 is 0 Å². The fourth-order valence-corrected chi connectivity index (χ4v) is 1.88. The monoisotopic (exact) mass is 279 g/mol. The number of H-pyrrole nitrogens is 1. The summed E-state index contributed by atoms with van der Waals surface area (Å²) in [5.41, 5.74) is 1.94. The Kier molecular flexibility index (Phi) is 4.45. The number of aromatic nitrogens is 2. The van der Waals surface area contributed by atoms with Gasteiger partial charge in [-0.2, -0.15) is 5.10 Å². The van der Waals surface area contributed by atoms with Crippen molar-refractivity contribution in [3.63, 3.8) is 0 Å². The first-order chi connectivity index (χ1) is 9.58. The van der Waals surface area contributed by atoms with Crippen LogP contribution in [-0.2, 0) is 6.42 Å². The van der Waals surface area contributed by atoms with Gasteiger partial charge in [0.2, 0.25) is 0 Å². The fraction of sp³-hybridized carbons (Fsp3) is 0.286. The van der Waals surface area contributed by atoms with E-state index < -0.39 is 17.5 Å². The molecule has 0 bridgehead atoms. The topological polar surface area (TPSA) is 57.8 Å². The number of carbonyl (C=O) groups excluding carboxylic acids is 1. The summed E-state index contributed by atoms with van der Waals surface area (Å²) in [6, 6.07) is 2.90. The number of benzene rings is 1. The first-order valence-electron chi connectivity index (χ1n) is 6.30. The van der Waals surface area contributed by atoms with Gasteiger partial charge in [0.25, 0.3) is 5.91 Å². The average Bonchev–Trinajstić information content (AvgIpc) is 2.80. The number of nitrogens with zero attached hydrogens (tertiary/aromatic N) is 1. The third kappa shape index (κ3) is 3.40. The van der Waals surface area contributed by atoms with Crippen molar-refractivity contribution in [1.29, 1.82) is 0 Å². The molecule has 1 aromatic carbocycles. The van der Waals surface area contributed by atoms with Crippen molar-refractivity contribution in [3.8, 4) is 0 Å². The Labute approximate surface area is 115 Å². The predicted octanol–water partition coefficient (Wildman–Crippen LogP) is 2.36. The third-order valence-electron chi connectivity index (χ3n) is 3.02. The Hall–Kier alpha value is -2.24. The molecule has 0 spiro atoms. The third-order valence-corrected chi connectivity index (χ3v) is 3.02. The van der Waals surface area contributed by atoms with Crippen molar-refractivity contribution in [2.45, 2.75) is 19.8 Å². The van der Waals surface area contributed by atoms with Crippen LogP contribution in [0, 0.1) is 18.6 Å². The van der Waals surface area contributed by atoms with Gasteiger partial charge >= 0.3 is 0 Å². The molecule has 0 aliphatic heterocycles. The molecule has 4 nitrogen and oxygen atoms in total. The number of aryl methyl sites for hydroxylation is 2. The molecule has 0 fully saturated rings. The molecule has 106 valence electrons. The number of carbonyl (C=O) groups is 1. The van der Waals surface area contributed by atoms with Crippen LogP contribution in [-0.4, -0.2) is 22.6 Å². The second-order valence-electron chi connectivity index (χ2n) is 4.50. The van der Waals surface area contributed by atoms with Crippen LogP contribution in [0.4, 0.5) is 8.78 Å². The van der Waals surface area contributed by atoms with Gasteiger partial charge in [0.1, 0.15) is 11.6 Å². The number of nitrogens with one attached hydrogen (secondary N) is 2. The van der Waals surface area contributed by atoms with E-state index in [1.807, 2.05) is 6.92 Å². The van der Waals surface area contributed by atoms with Crippen LogP contribution in [0.1, 0.15) is 28.0 Å². The van der Waals surface area contributed by atoms with Crippen LogP contribution >= 0.6 is 0 Å². The van der Waals surface area contributed by atoms with Crippen LogP contribution in [0.25, 0.3) is 0 Å². The number of hydrogen-bond acceptors (Lipinski definition) is 2. The Bertz CT molecular complexity index is 610. The maximum Gasteiger partial charge on any atom is 0.254 e. The van der Waals surface area contributed by atoms with Gasteiger partial charge in [-0.15, -0.1) is 0 Å². The zero-order valence-corrected chi connectivity index (χ0v) is 11.0. The van der Waals surface area contributed by atoms with E-state index in [0.29, 0.717) is 12.6 Å². The van der Waals surface area contributed by atoms with Gasteiger partial charge in [0, 0.05) is 18.3 Å². The van der Waals surface area contributed by atoms with Crippen LogP contribution in [0.2, 0.25) is 0 Å². The highest BCUT2D eigenvalue weighted by molar-refractivity contribution is 5.94. The smallest absolute Gasteiger partial charge is 0.254 e. The molecular weight excluding hydrogens is 264 g/mol. The second-order valence-corrected chi connectivity index (χ2v) is 4.50. The molecule has 1 aromatic heterocycles. The summed E-state index contributed by atoms with van der Waals surface area (Å²) >= 11 is 0. The lowest BCUT2D eigenvalue weighted by Gasteiger charge is -2.06. The number of hydrogen-bond donors (Lipinski definition) is 2. The summed E-state index contributed by atoms with van der Waals surface area (Å²) in [7, 11) is 0. The maximum atomic E-state index is 13.4. The number of aromatic amines is 1. The number of amides is 1. The lowest BCUT2D eigenvalue weighted by atomic mass is 10.1. The summed E-state index contributed by atoms with van der Waals surface area (Å²) in [4.78, 5) is 11.7. The van der Waals surface area contributed by atoms with Crippen molar-refractivity contribution >= 4 is 5.91 Å². The second kappa shape index (κ2) is 6.27. The predicted molar refractivity (Wildman–Crippen MR) is 70.3 cm³/mol. The van der Waals surface area contributed by atoms with E-state index in [2.05, 4.69) is 15.5 Å². The molecule has 0 aliphatic carbocycles. The summed E-state index contributed by atoms with van der Waals surface area (Å²) in [6.45, 7) is 2.34. The largest absolute Gasteiger partial charge is 0.352 e. The first-order valence-corrected chi connectivity index (χ1v) is 6.30. The summed E-state index contributed by atoms with van der Waals surface area (Å²) < 4.78 is 26.1. The molecule has 0 saturated heterocycles. The van der Waals surface area contributed by atoms with Gasteiger partial charge in [0.15, 0.2) is 0 Å². The molecule has 0 unspecified atom stereocenters. The van der Waals surface area contributed by atoms with Gasteiger partial charge < -0.3 is 5.32 Å². The van der Waals surface area contributed by atoms with Gasteiger partial charge in [-0.1, -0.05) is 0 Å². The van der Waals surface area contributed by atoms with E-state index in [0.717, 1.165) is 36.2 Å². The van der Waals surface area contributed by atoms with Crippen molar-refractivity contribution in [2.24, 2.45) is 0 Å². The summed E-state index contributed by atoms with van der Waals surface area (Å²) in [6.07, 6.45) is 3.24. The SMILES string of the molecule is Cc1[nH]ncc1CCCNC(=O)c1ccc(F)cc1F. The molecule has 2 N–H and O–H groups in total. The molecule has 0 aliphatic rings. The lowest BCUT2D eigenvalue weighted by Crippen LogP contribution is -2.25. The zero-order valence-electron chi connectivity index (χ0n) is 11.0. The van der Waals surface area contributed by atoms with E-state index in [1.54, 1.807) is 6.20 Å². The normalized spacial score (nSPS) is 10.6. The standard InChI is InChI=1S/C14H15F2N3O/c1-9-10(8-18-19-9)3-2-6-17-14(20)12-5-4-11(15)7-13(12)16/h4-5,7-8H,2-3,6H2,1H3,(H,17,20)(H,18,19). The Morgan fingerprint density at radius 2 is 2.20 bits per heavy atom. The zero-order chi connectivity index (χ0) is 14.5. The van der Waals surface area contributed by atoms with E-state index in [4.69, 9.17) is 0 Å². The van der Waals surface area contributed by atoms with E-state index in [-0.39, 0.29) is 5.56 Å². The van der Waals surface area contributed by atoms with Crippen LogP contribution in [0.3, 0.4) is 0 Å². The molecule has 2 aromatic rings. The molecule has 6 heteroatoms. The molecule has 0 saturated carbocycles. The highest BCUT2D eigenvalue weighted by atomic mass is 19.1. The van der Waals surface area contributed by atoms with Crippen LogP contribution < -0.4 is 5.32 Å². The highest BCUT2D eigenvalue weighted by Gasteiger charge is 2.11. The molecule has 0 atom stereocenters. The molecule has 20 heavy (non-hydrogen) atoms. The van der Waals surface area contributed by atoms with Crippen molar-refractivity contribution in [2.75, 3.05) is 6.54 Å². The number of halogens is 2. The van der Waals surface area contributed by atoms with Gasteiger partial charge in [-0.3, -0.25) is 9.89 Å². The Morgan fingerprint density at radius 1 is 1.40 bits per heavy atom. The van der Waals surface area contributed by atoms with Gasteiger partial charge in [-0.25, -0.2) is 8.78 Å². The van der Waals surface area contributed by atoms with Gasteiger partial charge in [0.05, 0.1) is 11.8 Å². The van der Waals surface area contributed by atoms with E-state index in [1.165, 1.54) is 0 Å². The highest BCUT2D eigenvalue weighted by Crippen LogP contribution is 2.09. The minimum Gasteiger partial charge on any atom is -0.352 e. The van der Waals surface area contributed by atoms with Crippen LogP contribution in [0.5, 0.6) is 0 Å². The summed E-state index contributed by atoms with van der Waals surface area (Å²) in [5.74, 6) is -2.09. The van der Waals surface area contributed by atoms with Crippen LogP contribution in [0.15, 0.2) is 24.4 Å². The Balaban J connectivity index is 1.82. The molecule has 1 heterocycles. The van der Waals surface area contributed by atoms with Crippen molar-refractivity contribution in [1.82, 2.24) is 15.5 Å². The molecular formula is C14H15F2N3O. The average molecular weight is 279 g/mol. The first kappa shape index (κ1) is 14.2. The summed E-state index contributed by atoms with van der Waals surface area (Å²) in [5, 5.41) is 9.35. The van der Waals surface area contributed by atoms with Crippen molar-refractivity contribution in [3.05, 3.63) is 52.9 Å². The molecule has 0 radical (unpaired) electrons. The Morgan fingerprint density at radius 3 is 2.85 bits per heavy atom. The lowest BCUT2D eigenvalue weighted by molar-refractivity contribution is 0.0949. The van der Waals surface area contributed by atoms with E-state index in [9.17, 15) is 13.6 Å². The fourth-order valence-electron chi connectivity index (χ4n) is 1.88. The number of rotatable bonds is 5. The molecule has 2 rings (SSSR count). The maximum absolute atomic E-state index is 13.4.